The van der Waals surface area contributed by atoms with Crippen molar-refractivity contribution in [1.29, 1.82) is 0 Å². The van der Waals surface area contributed by atoms with Gasteiger partial charge in [-0.2, -0.15) is 0 Å². The molecule has 0 aliphatic heterocycles. The normalized spacial score (nSPS) is 11.7. The van der Waals surface area contributed by atoms with Crippen LogP contribution in [0.2, 0.25) is 0 Å². The van der Waals surface area contributed by atoms with E-state index in [1.807, 2.05) is 0 Å². The highest BCUT2D eigenvalue weighted by Gasteiger charge is 2.04. The van der Waals surface area contributed by atoms with E-state index in [2.05, 4.69) is 69.9 Å². The lowest BCUT2D eigenvalue weighted by Gasteiger charge is -2.05. The highest BCUT2D eigenvalue weighted by molar-refractivity contribution is 9.09. The molecule has 0 unspecified atom stereocenters. The lowest BCUT2D eigenvalue weighted by molar-refractivity contribution is 1.26. The van der Waals surface area contributed by atoms with E-state index in [4.69, 9.17) is 0 Å². The molecule has 1 heterocycles. The molecule has 2 rings (SSSR count). The molecule has 0 N–H and O–H groups in total. The summed E-state index contributed by atoms with van der Waals surface area (Å²) in [6.07, 6.45) is 3.36. The Labute approximate surface area is 109 Å². The lowest BCUT2D eigenvalue weighted by Crippen LogP contribution is -1.84. The van der Waals surface area contributed by atoms with Gasteiger partial charge in [-0.05, 0) is 29.0 Å². The van der Waals surface area contributed by atoms with Crippen molar-refractivity contribution >= 4 is 32.8 Å². The number of halogens is 1. The third kappa shape index (κ3) is 2.83. The molecule has 16 heavy (non-hydrogen) atoms. The van der Waals surface area contributed by atoms with Crippen LogP contribution in [-0.2, 0) is 0 Å². The summed E-state index contributed by atoms with van der Waals surface area (Å²) in [5.74, 6) is 0. The number of rotatable bonds is 4. The molecule has 0 aliphatic carbocycles. The van der Waals surface area contributed by atoms with Gasteiger partial charge in [0.2, 0.25) is 0 Å². The van der Waals surface area contributed by atoms with Crippen LogP contribution in [0.25, 0.3) is 5.57 Å². The Balaban J connectivity index is 2.37. The second kappa shape index (κ2) is 6.02. The number of alkyl halides is 1. The predicted octanol–water partition coefficient (Wildman–Crippen LogP) is 4.96. The molecular formula is C14H13BrS. The fourth-order valence-corrected chi connectivity index (χ4v) is 2.63. The van der Waals surface area contributed by atoms with Crippen molar-refractivity contribution in [2.45, 2.75) is 6.42 Å². The molecule has 0 bridgehead atoms. The summed E-state index contributed by atoms with van der Waals surface area (Å²) in [6.45, 7) is 0. The van der Waals surface area contributed by atoms with Crippen LogP contribution in [0, 0.1) is 0 Å². The Morgan fingerprint density at radius 1 is 1.12 bits per heavy atom. The minimum absolute atomic E-state index is 1.01. The summed E-state index contributed by atoms with van der Waals surface area (Å²) in [5, 5.41) is 3.13. The Bertz CT molecular complexity index is 443. The highest BCUT2D eigenvalue weighted by Crippen LogP contribution is 2.27. The molecule has 0 saturated heterocycles. The number of allylic oxidation sites excluding steroid dienone is 1. The van der Waals surface area contributed by atoms with Gasteiger partial charge in [0, 0.05) is 10.2 Å². The molecule has 0 nitrogen and oxygen atoms in total. The summed E-state index contributed by atoms with van der Waals surface area (Å²) >= 11 is 5.27. The van der Waals surface area contributed by atoms with Gasteiger partial charge >= 0.3 is 0 Å². The quantitative estimate of drug-likeness (QED) is 0.699. The van der Waals surface area contributed by atoms with Crippen molar-refractivity contribution in [2.24, 2.45) is 0 Å². The number of hydrogen-bond acceptors (Lipinski definition) is 1. The third-order valence-corrected chi connectivity index (χ3v) is 3.69. The molecule has 2 heteroatoms. The molecule has 0 atom stereocenters. The highest BCUT2D eigenvalue weighted by atomic mass is 79.9. The lowest BCUT2D eigenvalue weighted by atomic mass is 10.0. The van der Waals surface area contributed by atoms with E-state index in [1.165, 1.54) is 16.0 Å². The second-order valence-electron chi connectivity index (χ2n) is 3.44. The average molecular weight is 293 g/mol. The van der Waals surface area contributed by atoms with Crippen LogP contribution < -0.4 is 0 Å². The van der Waals surface area contributed by atoms with E-state index in [-0.39, 0.29) is 0 Å². The van der Waals surface area contributed by atoms with Gasteiger partial charge < -0.3 is 0 Å². The van der Waals surface area contributed by atoms with E-state index < -0.39 is 0 Å². The van der Waals surface area contributed by atoms with E-state index in [9.17, 15) is 0 Å². The number of thiophene rings is 1. The van der Waals surface area contributed by atoms with Crippen LogP contribution in [0.1, 0.15) is 16.9 Å². The average Bonchev–Trinajstić information content (AvgIpc) is 2.85. The zero-order chi connectivity index (χ0) is 11.2. The van der Waals surface area contributed by atoms with Crippen molar-refractivity contribution < 1.29 is 0 Å². The molecule has 2 aromatic rings. The van der Waals surface area contributed by atoms with Gasteiger partial charge in [0.05, 0.1) is 0 Å². The number of hydrogen-bond donors (Lipinski definition) is 0. The first kappa shape index (κ1) is 11.6. The SMILES string of the molecule is BrCCC=C(c1ccccc1)c1cccs1. The van der Waals surface area contributed by atoms with Gasteiger partial charge in [-0.3, -0.25) is 0 Å². The molecular weight excluding hydrogens is 280 g/mol. The van der Waals surface area contributed by atoms with Gasteiger partial charge in [0.15, 0.2) is 0 Å². The topological polar surface area (TPSA) is 0 Å². The molecule has 1 aromatic carbocycles. The molecule has 0 radical (unpaired) electrons. The molecule has 0 amide bonds. The minimum atomic E-state index is 1.01. The van der Waals surface area contributed by atoms with Crippen molar-refractivity contribution in [1.82, 2.24) is 0 Å². The first-order chi connectivity index (χ1) is 7.92. The fourth-order valence-electron chi connectivity index (χ4n) is 1.61. The second-order valence-corrected chi connectivity index (χ2v) is 5.18. The van der Waals surface area contributed by atoms with E-state index >= 15 is 0 Å². The first-order valence-corrected chi connectivity index (χ1v) is 7.27. The van der Waals surface area contributed by atoms with Gasteiger partial charge in [0.1, 0.15) is 0 Å². The van der Waals surface area contributed by atoms with E-state index in [0.717, 1.165) is 11.8 Å². The Hall–Kier alpha value is -0.860. The summed E-state index contributed by atoms with van der Waals surface area (Å²) < 4.78 is 0. The van der Waals surface area contributed by atoms with Crippen LogP contribution >= 0.6 is 27.3 Å². The Morgan fingerprint density at radius 2 is 1.94 bits per heavy atom. The molecule has 0 saturated carbocycles. The van der Waals surface area contributed by atoms with Crippen LogP contribution in [0.15, 0.2) is 53.9 Å². The minimum Gasteiger partial charge on any atom is -0.144 e. The summed E-state index contributed by atoms with van der Waals surface area (Å²) in [6, 6.07) is 14.8. The zero-order valence-corrected chi connectivity index (χ0v) is 11.3. The third-order valence-electron chi connectivity index (χ3n) is 2.33. The van der Waals surface area contributed by atoms with Crippen molar-refractivity contribution in [2.75, 3.05) is 5.33 Å². The van der Waals surface area contributed by atoms with Crippen molar-refractivity contribution in [3.8, 4) is 0 Å². The van der Waals surface area contributed by atoms with Gasteiger partial charge in [-0.1, -0.05) is 58.4 Å². The summed E-state index contributed by atoms with van der Waals surface area (Å²) in [5.41, 5.74) is 2.64. The molecule has 0 aliphatic rings. The largest absolute Gasteiger partial charge is 0.144 e. The van der Waals surface area contributed by atoms with Crippen LogP contribution in [-0.4, -0.2) is 5.33 Å². The maximum atomic E-state index is 3.47. The molecule has 0 fully saturated rings. The molecule has 0 spiro atoms. The Morgan fingerprint density at radius 3 is 2.56 bits per heavy atom. The number of benzene rings is 1. The fraction of sp³-hybridized carbons (Fsp3) is 0.143. The molecule has 1 aromatic heterocycles. The van der Waals surface area contributed by atoms with Crippen LogP contribution in [0.4, 0.5) is 0 Å². The maximum Gasteiger partial charge on any atom is 0.0345 e. The van der Waals surface area contributed by atoms with Gasteiger partial charge in [0.25, 0.3) is 0 Å². The zero-order valence-electron chi connectivity index (χ0n) is 8.90. The maximum absolute atomic E-state index is 3.47. The smallest absolute Gasteiger partial charge is 0.0345 e. The Kier molecular flexibility index (Phi) is 4.37. The van der Waals surface area contributed by atoms with Crippen molar-refractivity contribution in [3.05, 3.63) is 64.4 Å². The molecule has 82 valence electrons. The first-order valence-electron chi connectivity index (χ1n) is 5.27. The summed E-state index contributed by atoms with van der Waals surface area (Å²) in [7, 11) is 0. The standard InChI is InChI=1S/C14H13BrS/c15-10-4-8-13(14-9-5-11-16-14)12-6-2-1-3-7-12/h1-3,5-9,11H,4,10H2. The monoisotopic (exact) mass is 292 g/mol. The van der Waals surface area contributed by atoms with E-state index in [0.29, 0.717) is 0 Å². The van der Waals surface area contributed by atoms with Crippen molar-refractivity contribution in [3.63, 3.8) is 0 Å². The van der Waals surface area contributed by atoms with Crippen LogP contribution in [0.5, 0.6) is 0 Å². The van der Waals surface area contributed by atoms with Crippen LogP contribution in [0.3, 0.4) is 0 Å². The predicted molar refractivity (Wildman–Crippen MR) is 76.3 cm³/mol. The van der Waals surface area contributed by atoms with E-state index in [1.54, 1.807) is 11.3 Å². The van der Waals surface area contributed by atoms with Gasteiger partial charge in [-0.15, -0.1) is 11.3 Å². The summed E-state index contributed by atoms with van der Waals surface area (Å²) in [4.78, 5) is 1.34. The van der Waals surface area contributed by atoms with Gasteiger partial charge in [-0.25, -0.2) is 0 Å².